The molecule has 11 rings (SSSR count). The summed E-state index contributed by atoms with van der Waals surface area (Å²) >= 11 is 0. The molecule has 8 aliphatic carbocycles. The molecule has 0 aromatic carbocycles. The van der Waals surface area contributed by atoms with Crippen LogP contribution in [-0.2, 0) is 42.9 Å². The van der Waals surface area contributed by atoms with Gasteiger partial charge in [0.25, 0.3) is 0 Å². The van der Waals surface area contributed by atoms with Gasteiger partial charge in [0.1, 0.15) is 17.3 Å². The van der Waals surface area contributed by atoms with Gasteiger partial charge in [0.2, 0.25) is 0 Å². The van der Waals surface area contributed by atoms with Gasteiger partial charge in [-0.25, -0.2) is 0 Å². The first-order valence-electron chi connectivity index (χ1n) is 22.9. The molecule has 11 aliphatic rings. The van der Waals surface area contributed by atoms with E-state index in [-0.39, 0.29) is 76.4 Å². The number of aliphatic hydroxyl groups is 2. The molecular formula is C47H74O11. The molecule has 8 atom stereocenters. The Morgan fingerprint density at radius 2 is 1.28 bits per heavy atom. The zero-order valence-electron chi connectivity index (χ0n) is 37.2. The third-order valence-corrected chi connectivity index (χ3v) is 16.9. The molecule has 0 amide bonds. The fraction of sp³-hybridized carbons (Fsp3) is 0.915. The van der Waals surface area contributed by atoms with Crippen molar-refractivity contribution in [1.82, 2.24) is 0 Å². The quantitative estimate of drug-likeness (QED) is 0.164. The van der Waals surface area contributed by atoms with E-state index >= 15 is 0 Å². The molecule has 3 heterocycles. The molecule has 10 bridgehead atoms. The highest BCUT2D eigenvalue weighted by molar-refractivity contribution is 5.78. The molecule has 2 N–H and O–H groups in total. The topological polar surface area (TPSA) is 155 Å². The van der Waals surface area contributed by atoms with E-state index in [1.807, 2.05) is 48.5 Å². The van der Waals surface area contributed by atoms with Crippen LogP contribution in [-0.4, -0.2) is 80.9 Å². The summed E-state index contributed by atoms with van der Waals surface area (Å²) in [5, 5.41) is 21.3. The van der Waals surface area contributed by atoms with Crippen LogP contribution in [0.4, 0.5) is 0 Å². The number of carbonyl (C=O) groups is 4. The minimum absolute atomic E-state index is 0.00857. The van der Waals surface area contributed by atoms with Gasteiger partial charge >= 0.3 is 23.9 Å². The Kier molecular flexibility index (Phi) is 11.3. The molecule has 8 unspecified atom stereocenters. The molecule has 3 aliphatic heterocycles. The predicted molar refractivity (Wildman–Crippen MR) is 215 cm³/mol. The molecule has 0 radical (unpaired) electrons. The highest BCUT2D eigenvalue weighted by Gasteiger charge is 2.66. The van der Waals surface area contributed by atoms with Crippen LogP contribution < -0.4 is 0 Å². The number of rotatable bonds is 10. The van der Waals surface area contributed by atoms with Crippen LogP contribution in [0.5, 0.6) is 0 Å². The van der Waals surface area contributed by atoms with Crippen LogP contribution in [0, 0.1) is 51.8 Å². The third kappa shape index (κ3) is 8.00. The van der Waals surface area contributed by atoms with E-state index in [9.17, 15) is 29.4 Å². The van der Waals surface area contributed by atoms with Gasteiger partial charge in [-0.05, 0) is 149 Å². The molecule has 0 aromatic rings. The number of hydrogen-bond acceptors (Lipinski definition) is 11. The summed E-state index contributed by atoms with van der Waals surface area (Å²) in [5.41, 5.74) is -3.26. The van der Waals surface area contributed by atoms with Gasteiger partial charge in [-0.2, -0.15) is 0 Å². The van der Waals surface area contributed by atoms with Crippen LogP contribution in [0.3, 0.4) is 0 Å². The molecule has 3 saturated heterocycles. The summed E-state index contributed by atoms with van der Waals surface area (Å²) in [6, 6.07) is 0. The molecule has 58 heavy (non-hydrogen) atoms. The van der Waals surface area contributed by atoms with Crippen LogP contribution >= 0.6 is 0 Å². The molecule has 0 spiro atoms. The smallest absolute Gasteiger partial charge is 0.312 e. The second kappa shape index (κ2) is 15.0. The van der Waals surface area contributed by atoms with Crippen molar-refractivity contribution in [3.63, 3.8) is 0 Å². The minimum atomic E-state index is -0.842. The van der Waals surface area contributed by atoms with Gasteiger partial charge in [-0.15, -0.1) is 0 Å². The fourth-order valence-electron chi connectivity index (χ4n) is 13.1. The Morgan fingerprint density at radius 1 is 0.741 bits per heavy atom. The maximum absolute atomic E-state index is 12.6. The summed E-state index contributed by atoms with van der Waals surface area (Å²) in [6.45, 7) is 20.0. The lowest BCUT2D eigenvalue weighted by Gasteiger charge is -2.62. The summed E-state index contributed by atoms with van der Waals surface area (Å²) in [7, 11) is 0. The minimum Gasteiger partial charge on any atom is -0.459 e. The number of hydrogen-bond donors (Lipinski definition) is 2. The molecule has 328 valence electrons. The van der Waals surface area contributed by atoms with Gasteiger partial charge in [0.05, 0.1) is 40.0 Å². The Labute approximate surface area is 346 Å². The zero-order valence-corrected chi connectivity index (χ0v) is 37.2. The number of esters is 4. The Bertz CT molecular complexity index is 1560. The van der Waals surface area contributed by atoms with Crippen LogP contribution in [0.2, 0.25) is 0 Å². The predicted octanol–water partition coefficient (Wildman–Crippen LogP) is 7.78. The number of fused-ring (bicyclic) bond motifs is 1. The fourth-order valence-corrected chi connectivity index (χ4v) is 13.1. The van der Waals surface area contributed by atoms with E-state index < -0.39 is 28.3 Å². The first-order valence-corrected chi connectivity index (χ1v) is 22.9. The average Bonchev–Trinajstić information content (AvgIpc) is 3.75. The van der Waals surface area contributed by atoms with Gasteiger partial charge in [-0.3, -0.25) is 19.2 Å². The first-order chi connectivity index (χ1) is 26.9. The van der Waals surface area contributed by atoms with E-state index in [0.29, 0.717) is 25.7 Å². The Morgan fingerprint density at radius 3 is 1.78 bits per heavy atom. The van der Waals surface area contributed by atoms with Crippen molar-refractivity contribution in [2.24, 2.45) is 51.8 Å². The highest BCUT2D eigenvalue weighted by Crippen LogP contribution is 2.65. The lowest BCUT2D eigenvalue weighted by atomic mass is 9.46. The van der Waals surface area contributed by atoms with Crippen molar-refractivity contribution in [3.05, 3.63) is 0 Å². The summed E-state index contributed by atoms with van der Waals surface area (Å²) < 4.78 is 28.3. The summed E-state index contributed by atoms with van der Waals surface area (Å²) in [5.74, 6) is 2.07. The molecule has 11 nitrogen and oxygen atoms in total. The molecule has 8 saturated carbocycles. The van der Waals surface area contributed by atoms with Crippen molar-refractivity contribution in [3.8, 4) is 0 Å². The normalized spacial score (nSPS) is 42.8. The number of carbonyl (C=O) groups excluding carboxylic acids is 4. The van der Waals surface area contributed by atoms with Crippen molar-refractivity contribution >= 4 is 23.9 Å². The Balaban J connectivity index is 0.000000133. The third-order valence-electron chi connectivity index (χ3n) is 16.9. The summed E-state index contributed by atoms with van der Waals surface area (Å²) in [4.78, 5) is 48.2. The number of ether oxygens (including phenoxy) is 5. The van der Waals surface area contributed by atoms with E-state index in [1.54, 1.807) is 0 Å². The average molecular weight is 815 g/mol. The Hall–Kier alpha value is -2.24. The van der Waals surface area contributed by atoms with E-state index in [2.05, 4.69) is 20.8 Å². The molecule has 11 heteroatoms. The van der Waals surface area contributed by atoms with Crippen LogP contribution in [0.25, 0.3) is 0 Å². The van der Waals surface area contributed by atoms with Crippen LogP contribution in [0.15, 0.2) is 0 Å². The maximum Gasteiger partial charge on any atom is 0.312 e. The second-order valence-electron chi connectivity index (χ2n) is 22.7. The summed E-state index contributed by atoms with van der Waals surface area (Å²) in [6.07, 6.45) is 13.7. The van der Waals surface area contributed by atoms with Crippen molar-refractivity contribution in [2.45, 2.75) is 219 Å². The maximum atomic E-state index is 12.6. The van der Waals surface area contributed by atoms with Crippen molar-refractivity contribution in [2.75, 3.05) is 0 Å². The van der Waals surface area contributed by atoms with Crippen molar-refractivity contribution in [1.29, 1.82) is 0 Å². The van der Waals surface area contributed by atoms with E-state index in [4.69, 9.17) is 23.7 Å². The molecule has 0 aromatic heterocycles. The SMILES string of the molecule is CCC(C)(C)C(=O)OC(C)(C)C12CC3CC(CC(C3)C1)C2.CCC(C)(C)C(=O)OC12CC3CC(O)(CC(O)(C3)C1)C2.CCC(C)C(=O)OC1C2CC3C(=O)OC1C3O2. The van der Waals surface area contributed by atoms with Gasteiger partial charge in [0.15, 0.2) is 12.2 Å². The van der Waals surface area contributed by atoms with Gasteiger partial charge in [-0.1, -0.05) is 27.7 Å². The lowest BCUT2D eigenvalue weighted by Crippen LogP contribution is -2.67. The first kappa shape index (κ1) is 43.8. The zero-order chi connectivity index (χ0) is 42.4. The lowest BCUT2D eigenvalue weighted by molar-refractivity contribution is -0.264. The van der Waals surface area contributed by atoms with Gasteiger partial charge in [0, 0.05) is 24.7 Å². The van der Waals surface area contributed by atoms with E-state index in [1.165, 1.54) is 38.5 Å². The van der Waals surface area contributed by atoms with Gasteiger partial charge < -0.3 is 33.9 Å². The standard InChI is InChI=1S/C19H32O2.C16H26O4.C12H16O5/c1-6-17(2,3)16(20)21-18(4,5)19-10-13-7-14(11-19)9-15(8-13)12-19;1-4-13(2,3)12(17)20-16-7-11-5-14(18,9-16)8-15(19,6-11)10-16;1-3-5(2)11(13)16-9-7-4-6-8(15-7)10(9)17-12(6)14/h13-15H,6-12H2,1-5H3;11,18-19H,4-10H2,1-3H3;5-10H,3-4H2,1-2H3. The highest BCUT2D eigenvalue weighted by atomic mass is 16.7. The van der Waals surface area contributed by atoms with Crippen molar-refractivity contribution < 1.29 is 53.1 Å². The van der Waals surface area contributed by atoms with E-state index in [0.717, 1.165) is 56.3 Å². The monoisotopic (exact) mass is 815 g/mol. The molecular weight excluding hydrogens is 741 g/mol. The largest absolute Gasteiger partial charge is 0.459 e. The second-order valence-corrected chi connectivity index (χ2v) is 22.7. The van der Waals surface area contributed by atoms with Crippen LogP contribution in [0.1, 0.15) is 172 Å². The molecule has 11 fully saturated rings.